The third-order valence-corrected chi connectivity index (χ3v) is 12.6. The van der Waals surface area contributed by atoms with Gasteiger partial charge in [-0.25, -0.2) is 39.1 Å². The number of carbonyl (C=O) groups excluding carboxylic acids is 4. The average Bonchev–Trinajstić information content (AvgIpc) is 1.49. The van der Waals surface area contributed by atoms with E-state index in [-0.39, 0.29) is 97.2 Å². The monoisotopic (exact) mass is 1140 g/mol. The highest BCUT2D eigenvalue weighted by Crippen LogP contribution is 2.08. The predicted molar refractivity (Wildman–Crippen MR) is 306 cm³/mol. The van der Waals surface area contributed by atoms with Gasteiger partial charge in [-0.15, -0.1) is 0 Å². The fourth-order valence-electron chi connectivity index (χ4n) is 8.40. The number of nitrogens with zero attached hydrogens (tertiary/aromatic N) is 16. The Hall–Kier alpha value is -8.72. The molecule has 440 valence electrons. The Morgan fingerprint density at radius 2 is 0.642 bits per heavy atom. The number of fused-ring (bicyclic) bond motifs is 4. The molecule has 8 rings (SSSR count). The summed E-state index contributed by atoms with van der Waals surface area (Å²) >= 11 is 0. The van der Waals surface area contributed by atoms with Gasteiger partial charge in [0.15, 0.2) is 44.7 Å². The van der Waals surface area contributed by atoms with Crippen LogP contribution in [-0.2, 0) is 102 Å². The van der Waals surface area contributed by atoms with Gasteiger partial charge in [-0.1, -0.05) is 7.43 Å². The molecule has 28 nitrogen and oxygen atoms in total. The maximum absolute atomic E-state index is 12.7. The van der Waals surface area contributed by atoms with Gasteiger partial charge in [0.1, 0.15) is 23.1 Å². The number of Topliss-reactive ketones (excluding diaryl/α,β-unsaturated/α-hetero) is 4. The van der Waals surface area contributed by atoms with Gasteiger partial charge in [-0.05, 0) is 79.1 Å². The first-order valence-corrected chi connectivity index (χ1v) is 25.2. The molecule has 0 atom stereocenters. The normalized spacial score (nSPS) is 13.7. The molecule has 0 amide bonds. The number of hydrogen-bond acceptors (Lipinski definition) is 16. The van der Waals surface area contributed by atoms with Crippen molar-refractivity contribution in [2.45, 2.75) is 138 Å². The fraction of sp³-hybridized carbons (Fsp3) is 0.547. The van der Waals surface area contributed by atoms with Gasteiger partial charge in [0, 0.05) is 123 Å². The number of aromatic nitrogens is 16. The van der Waals surface area contributed by atoms with Crippen LogP contribution in [-0.4, -0.2) is 97.9 Å². The molecule has 0 N–H and O–H groups in total. The lowest BCUT2D eigenvalue weighted by molar-refractivity contribution is -0.118. The Bertz CT molecular complexity index is 4440. The highest BCUT2D eigenvalue weighted by Gasteiger charge is 2.18. The number of aryl methyl sites for hydroxylation is 8. The summed E-state index contributed by atoms with van der Waals surface area (Å²) in [5.74, 6) is -0.463. The lowest BCUT2D eigenvalue weighted by atomic mass is 10.2. The van der Waals surface area contributed by atoms with E-state index in [0.717, 1.165) is 17.8 Å². The van der Waals surface area contributed by atoms with Gasteiger partial charge in [0.25, 0.3) is 22.2 Å². The first kappa shape index (κ1) is 49.3. The maximum atomic E-state index is 12.7. The number of unbranched alkanes of at least 4 members (excludes halogenated alkanes) is 3. The number of imidazole rings is 4. The van der Waals surface area contributed by atoms with E-state index in [4.69, 9.17) is 15.1 Å². The number of hydrogen-bond donors (Lipinski definition) is 0. The minimum atomic E-state index is -2.95. The summed E-state index contributed by atoms with van der Waals surface area (Å²) in [4.78, 5) is 159. The van der Waals surface area contributed by atoms with Crippen LogP contribution >= 0.6 is 0 Å². The SMILES string of the molecule is C.CC(=O)CCCCn1c(=O)c2c(ncn2C)n(C)c1=O.CC(=O)CCCCn1c(=O)c2c(ncn2C)n(C)c1=O.[2H]C([2H])(CCCn1c(=O)c2c(ncn2C)n(C([2H])([2H])[2H])c1=O)C(C)=O.[2H]C([2H])([2H])n1cnc2c1c(=O)n(CCCCC(C)=O)c(=O)n2C([2H])([2H])[2H]. The van der Waals surface area contributed by atoms with Crippen LogP contribution in [0.15, 0.2) is 63.7 Å². The van der Waals surface area contributed by atoms with E-state index < -0.39 is 66.7 Å². The summed E-state index contributed by atoms with van der Waals surface area (Å²) in [6.45, 7) is -2.64. The van der Waals surface area contributed by atoms with Crippen molar-refractivity contribution in [3.8, 4) is 0 Å². The van der Waals surface area contributed by atoms with Crippen molar-refractivity contribution in [1.82, 2.24) is 74.7 Å². The van der Waals surface area contributed by atoms with E-state index in [9.17, 15) is 57.5 Å². The first-order chi connectivity index (χ1) is 42.1. The zero-order chi connectivity index (χ0) is 68.7. The van der Waals surface area contributed by atoms with Crippen LogP contribution in [0.1, 0.15) is 127 Å². The molecule has 8 aromatic rings. The van der Waals surface area contributed by atoms with Crippen molar-refractivity contribution < 1.29 is 34.3 Å². The highest BCUT2D eigenvalue weighted by atomic mass is 16.2. The zero-order valence-corrected chi connectivity index (χ0v) is 46.0. The smallest absolute Gasteiger partial charge is 0.328 e. The van der Waals surface area contributed by atoms with E-state index in [1.807, 2.05) is 0 Å². The van der Waals surface area contributed by atoms with E-state index in [1.165, 1.54) is 69.6 Å². The molecule has 0 fully saturated rings. The second kappa shape index (κ2) is 28.4. The summed E-state index contributed by atoms with van der Waals surface area (Å²) in [5, 5.41) is 0. The molecule has 8 heterocycles. The van der Waals surface area contributed by atoms with Gasteiger partial charge in [-0.3, -0.25) is 55.7 Å². The standard InChI is InChI=1S/4C13H18N4O3.CH4/c4*1-9(18)6-4-5-7-17-12(19)10-11(14-8-15(10)2)16(3)13(17)20;/h4*8H,4-7H2,1-3H3;1H4/i3D3,6D2;2D3,3D3;;;. The Kier molecular flexibility index (Phi) is 17.3. The Labute approximate surface area is 479 Å². The molecule has 0 aliphatic rings. The van der Waals surface area contributed by atoms with Crippen molar-refractivity contribution >= 4 is 67.8 Å². The van der Waals surface area contributed by atoms with Crippen LogP contribution in [0.5, 0.6) is 0 Å². The Morgan fingerprint density at radius 3 is 0.914 bits per heavy atom. The second-order valence-corrected chi connectivity index (χ2v) is 18.9. The Balaban J connectivity index is 0.000000262. The lowest BCUT2D eigenvalue weighted by Crippen LogP contribution is -2.39. The summed E-state index contributed by atoms with van der Waals surface area (Å²) in [7, 11) is 8.15. The number of carbonyl (C=O) groups is 4. The zero-order valence-electron chi connectivity index (χ0n) is 57.0. The van der Waals surface area contributed by atoms with Crippen molar-refractivity contribution in [1.29, 1.82) is 0 Å². The van der Waals surface area contributed by atoms with Crippen LogP contribution in [0.25, 0.3) is 44.7 Å². The average molecular weight is 1140 g/mol. The van der Waals surface area contributed by atoms with Crippen molar-refractivity contribution in [3.63, 3.8) is 0 Å². The van der Waals surface area contributed by atoms with Crippen LogP contribution in [0.3, 0.4) is 0 Å². The summed E-state index contributed by atoms with van der Waals surface area (Å²) in [6.07, 6.45) is 7.36. The summed E-state index contributed by atoms with van der Waals surface area (Å²) in [6, 6.07) is 0. The van der Waals surface area contributed by atoms with E-state index in [1.54, 1.807) is 37.3 Å². The van der Waals surface area contributed by atoms with Crippen LogP contribution in [0, 0.1) is 0 Å². The van der Waals surface area contributed by atoms with Gasteiger partial charge >= 0.3 is 22.8 Å². The molecular weight excluding hydrogens is 1050 g/mol. The van der Waals surface area contributed by atoms with Crippen molar-refractivity contribution in [2.24, 2.45) is 56.2 Å². The molecule has 8 aromatic heterocycles. The molecular formula is C53H76N16O12. The molecule has 28 heteroatoms. The maximum Gasteiger partial charge on any atom is 0.332 e. The van der Waals surface area contributed by atoms with E-state index in [2.05, 4.69) is 19.9 Å². The predicted octanol–water partition coefficient (Wildman–Crippen LogP) is 1.41. The molecule has 81 heavy (non-hydrogen) atoms. The first-order valence-electron chi connectivity index (χ1n) is 30.7. The van der Waals surface area contributed by atoms with Crippen LogP contribution < -0.4 is 45.0 Å². The molecule has 0 aliphatic heterocycles. The minimum absolute atomic E-state index is 0. The minimum Gasteiger partial charge on any atom is -0.328 e. The van der Waals surface area contributed by atoms with Gasteiger partial charge in [-0.2, -0.15) is 0 Å². The van der Waals surface area contributed by atoms with Gasteiger partial charge < -0.3 is 37.4 Å². The molecule has 0 aromatic carbocycles. The third-order valence-electron chi connectivity index (χ3n) is 12.6. The molecule has 0 unspecified atom stereocenters. The van der Waals surface area contributed by atoms with Crippen molar-refractivity contribution in [3.05, 3.63) is 109 Å². The molecule has 0 radical (unpaired) electrons. The quantitative estimate of drug-likeness (QED) is 0.0974. The second-order valence-electron chi connectivity index (χ2n) is 18.9. The van der Waals surface area contributed by atoms with Crippen LogP contribution in [0.4, 0.5) is 0 Å². The topological polar surface area (TPSA) is 316 Å². The molecule has 0 bridgehead atoms. The van der Waals surface area contributed by atoms with E-state index in [0.29, 0.717) is 98.6 Å². The summed E-state index contributed by atoms with van der Waals surface area (Å²) in [5.41, 5.74) is -4.81. The highest BCUT2D eigenvalue weighted by molar-refractivity contribution is 5.77. The van der Waals surface area contributed by atoms with Crippen LogP contribution in [0.2, 0.25) is 0 Å². The molecule has 0 spiro atoms. The van der Waals surface area contributed by atoms with Crippen molar-refractivity contribution in [2.75, 3.05) is 0 Å². The van der Waals surface area contributed by atoms with Gasteiger partial charge in [0.2, 0.25) is 0 Å². The van der Waals surface area contributed by atoms with Gasteiger partial charge in [0.05, 0.1) is 25.3 Å². The fourth-order valence-corrected chi connectivity index (χ4v) is 8.40. The van der Waals surface area contributed by atoms with E-state index >= 15 is 0 Å². The lowest BCUT2D eigenvalue weighted by Gasteiger charge is -2.08. The molecule has 0 saturated carbocycles. The summed E-state index contributed by atoms with van der Waals surface area (Å²) < 4.78 is 95.4. The third kappa shape index (κ3) is 14.9. The number of ketones is 4. The number of rotatable bonds is 20. The Morgan fingerprint density at radius 1 is 0.383 bits per heavy atom. The largest absolute Gasteiger partial charge is 0.332 e. The molecule has 0 aliphatic carbocycles. The molecule has 0 saturated heterocycles.